The maximum absolute atomic E-state index is 13.4. The van der Waals surface area contributed by atoms with Gasteiger partial charge in [0.05, 0.1) is 22.4 Å². The number of carbonyl (C=O) groups is 2. The van der Waals surface area contributed by atoms with Crippen LogP contribution in [0.15, 0.2) is 62.5 Å². The van der Waals surface area contributed by atoms with Crippen LogP contribution in [-0.4, -0.2) is 33.9 Å². The Kier molecular flexibility index (Phi) is 7.47. The van der Waals surface area contributed by atoms with Gasteiger partial charge in [0.2, 0.25) is 0 Å². The maximum Gasteiger partial charge on any atom is 0.305 e. The average molecular weight is 439 g/mol. The van der Waals surface area contributed by atoms with Gasteiger partial charge in [-0.1, -0.05) is 18.2 Å². The molecule has 0 spiro atoms. The summed E-state index contributed by atoms with van der Waals surface area (Å²) < 4.78 is 22.7. The van der Waals surface area contributed by atoms with E-state index >= 15 is 0 Å². The highest BCUT2D eigenvalue weighted by Gasteiger charge is 2.17. The second-order valence-electron chi connectivity index (χ2n) is 5.48. The number of pyridine rings is 1. The molecule has 0 aliphatic heterocycles. The minimum atomic E-state index is -2.95. The number of methoxy groups -OCH3 is 1. The van der Waals surface area contributed by atoms with Crippen molar-refractivity contribution < 1.29 is 18.5 Å². The summed E-state index contributed by atoms with van der Waals surface area (Å²) in [5, 5.41) is 0. The number of aromatic nitrogens is 1. The van der Waals surface area contributed by atoms with Crippen LogP contribution in [0.1, 0.15) is 29.6 Å². The van der Waals surface area contributed by atoms with Crippen LogP contribution < -0.4 is 0 Å². The molecule has 1 aromatic heterocycles. The van der Waals surface area contributed by atoms with E-state index in [4.69, 9.17) is 0 Å². The van der Waals surface area contributed by atoms with Crippen molar-refractivity contribution in [3.05, 3.63) is 58.8 Å². The molecule has 8 heteroatoms. The van der Waals surface area contributed by atoms with Gasteiger partial charge in [-0.2, -0.15) is 4.36 Å². The highest BCUT2D eigenvalue weighted by Crippen LogP contribution is 2.18. The van der Waals surface area contributed by atoms with Crippen molar-refractivity contribution >= 4 is 37.5 Å². The van der Waals surface area contributed by atoms with E-state index in [1.807, 2.05) is 0 Å². The number of carbonyl (C=O) groups excluding carboxylic acids is 2. The number of rotatable bonds is 7. The number of halogens is 1. The molecule has 1 aromatic carbocycles. The summed E-state index contributed by atoms with van der Waals surface area (Å²) in [4.78, 5) is 28.1. The number of nitrogens with zero attached hydrogens (tertiary/aromatic N) is 2. The largest absolute Gasteiger partial charge is 0.469 e. The van der Waals surface area contributed by atoms with Crippen molar-refractivity contribution in [1.82, 2.24) is 4.98 Å². The lowest BCUT2D eigenvalue weighted by Gasteiger charge is -2.10. The zero-order valence-corrected chi connectivity index (χ0v) is 16.7. The quantitative estimate of drug-likeness (QED) is 0.483. The predicted molar refractivity (Wildman–Crippen MR) is 102 cm³/mol. The number of amides is 1. The van der Waals surface area contributed by atoms with Crippen molar-refractivity contribution in [2.75, 3.05) is 12.9 Å². The van der Waals surface area contributed by atoms with Gasteiger partial charge in [0, 0.05) is 33.9 Å². The molecule has 2 rings (SSSR count). The zero-order chi connectivity index (χ0) is 19.0. The summed E-state index contributed by atoms with van der Waals surface area (Å²) >= 11 is 3.26. The van der Waals surface area contributed by atoms with E-state index < -0.39 is 15.6 Å². The van der Waals surface area contributed by atoms with E-state index in [-0.39, 0.29) is 23.7 Å². The van der Waals surface area contributed by atoms with Crippen molar-refractivity contribution in [3.63, 3.8) is 0 Å². The Labute approximate surface area is 161 Å². The van der Waals surface area contributed by atoms with E-state index in [1.165, 1.54) is 13.3 Å². The van der Waals surface area contributed by atoms with E-state index in [2.05, 4.69) is 30.0 Å². The first-order valence-corrected chi connectivity index (χ1v) is 10.4. The minimum Gasteiger partial charge on any atom is -0.469 e. The third-order valence-corrected chi connectivity index (χ3v) is 6.32. The molecule has 2 aromatic rings. The van der Waals surface area contributed by atoms with E-state index in [0.29, 0.717) is 22.2 Å². The Morgan fingerprint density at radius 2 is 1.92 bits per heavy atom. The molecule has 0 fully saturated rings. The van der Waals surface area contributed by atoms with E-state index in [0.717, 1.165) is 0 Å². The SMILES string of the molecule is COC(=O)CCCC[S@@](=O)(=NC(=O)c1cncc(Br)c1)c1ccccc1. The average Bonchev–Trinajstić information content (AvgIpc) is 2.65. The molecule has 0 saturated carbocycles. The van der Waals surface area contributed by atoms with Crippen LogP contribution in [0.25, 0.3) is 0 Å². The molecule has 0 bridgehead atoms. The lowest BCUT2D eigenvalue weighted by atomic mass is 10.2. The van der Waals surface area contributed by atoms with Gasteiger partial charge < -0.3 is 4.74 Å². The fraction of sp³-hybridized carbons (Fsp3) is 0.278. The number of unbranched alkanes of at least 4 members (excludes halogenated alkanes) is 1. The van der Waals surface area contributed by atoms with E-state index in [1.54, 1.807) is 42.6 Å². The van der Waals surface area contributed by atoms with Crippen LogP contribution in [0, 0.1) is 0 Å². The Morgan fingerprint density at radius 1 is 1.19 bits per heavy atom. The van der Waals surface area contributed by atoms with Crippen LogP contribution in [0.3, 0.4) is 0 Å². The van der Waals surface area contributed by atoms with E-state index in [9.17, 15) is 13.8 Å². The summed E-state index contributed by atoms with van der Waals surface area (Å²) in [6.45, 7) is 0. The predicted octanol–water partition coefficient (Wildman–Crippen LogP) is 3.85. The highest BCUT2D eigenvalue weighted by molar-refractivity contribution is 9.10. The molecular weight excluding hydrogens is 420 g/mol. The Morgan fingerprint density at radius 3 is 2.58 bits per heavy atom. The summed E-state index contributed by atoms with van der Waals surface area (Å²) in [5.74, 6) is -0.716. The van der Waals surface area contributed by atoms with Gasteiger partial charge in [-0.15, -0.1) is 0 Å². The first-order chi connectivity index (χ1) is 12.4. The summed E-state index contributed by atoms with van der Waals surface area (Å²) in [5.41, 5.74) is 0.262. The topological polar surface area (TPSA) is 85.7 Å². The van der Waals surface area contributed by atoms with Gasteiger partial charge in [0.1, 0.15) is 0 Å². The zero-order valence-electron chi connectivity index (χ0n) is 14.3. The van der Waals surface area contributed by atoms with Crippen LogP contribution in [-0.2, 0) is 19.3 Å². The second-order valence-corrected chi connectivity index (χ2v) is 8.74. The van der Waals surface area contributed by atoms with Gasteiger partial charge in [0.15, 0.2) is 0 Å². The van der Waals surface area contributed by atoms with Crippen molar-refractivity contribution in [3.8, 4) is 0 Å². The standard InChI is InChI=1S/C18H19BrN2O4S/c1-25-17(22)9-5-6-10-26(24,16-7-3-2-4-8-16)21-18(23)14-11-15(19)13-20-12-14/h2-4,7-8,11-13H,5-6,9-10H2,1H3/t26-/m0/s1. The van der Waals surface area contributed by atoms with Crippen LogP contribution in [0.4, 0.5) is 0 Å². The molecule has 6 nitrogen and oxygen atoms in total. The van der Waals surface area contributed by atoms with Gasteiger partial charge in [0.25, 0.3) is 5.91 Å². The molecule has 1 amide bonds. The summed E-state index contributed by atoms with van der Waals surface area (Å²) in [6, 6.07) is 10.3. The highest BCUT2D eigenvalue weighted by atomic mass is 79.9. The molecule has 0 aliphatic carbocycles. The molecule has 0 unspecified atom stereocenters. The molecule has 138 valence electrons. The molecule has 0 radical (unpaired) electrons. The third kappa shape index (κ3) is 5.74. The van der Waals surface area contributed by atoms with Crippen molar-refractivity contribution in [1.29, 1.82) is 0 Å². The number of benzene rings is 1. The summed E-state index contributed by atoms with van der Waals surface area (Å²) in [7, 11) is -1.62. The molecular formula is C18H19BrN2O4S. The second kappa shape index (κ2) is 9.59. The third-order valence-electron chi connectivity index (χ3n) is 3.57. The van der Waals surface area contributed by atoms with Crippen molar-refractivity contribution in [2.45, 2.75) is 24.2 Å². The molecule has 0 aliphatic rings. The van der Waals surface area contributed by atoms with Crippen LogP contribution in [0.5, 0.6) is 0 Å². The van der Waals surface area contributed by atoms with Crippen molar-refractivity contribution in [2.24, 2.45) is 4.36 Å². The number of hydrogen-bond donors (Lipinski definition) is 0. The fourth-order valence-corrected chi connectivity index (χ4v) is 4.58. The van der Waals surface area contributed by atoms with Gasteiger partial charge in [-0.3, -0.25) is 14.6 Å². The molecule has 0 saturated heterocycles. The number of hydrogen-bond acceptors (Lipinski definition) is 5. The van der Waals surface area contributed by atoms with Gasteiger partial charge in [-0.05, 0) is 47.0 Å². The lowest BCUT2D eigenvalue weighted by molar-refractivity contribution is -0.140. The number of esters is 1. The fourth-order valence-electron chi connectivity index (χ4n) is 2.23. The smallest absolute Gasteiger partial charge is 0.305 e. The normalized spacial score (nSPS) is 12.8. The number of ether oxygens (including phenoxy) is 1. The van der Waals surface area contributed by atoms with Gasteiger partial charge in [-0.25, -0.2) is 4.21 Å². The molecule has 1 atom stereocenters. The monoisotopic (exact) mass is 438 g/mol. The Bertz CT molecular complexity index is 893. The minimum absolute atomic E-state index is 0.182. The molecule has 1 heterocycles. The first kappa shape index (κ1) is 20.3. The molecule has 26 heavy (non-hydrogen) atoms. The first-order valence-electron chi connectivity index (χ1n) is 7.96. The Hall–Kier alpha value is -2.06. The van der Waals surface area contributed by atoms with Gasteiger partial charge >= 0.3 is 5.97 Å². The maximum atomic E-state index is 13.4. The lowest BCUT2D eigenvalue weighted by Crippen LogP contribution is -2.11. The molecule has 0 N–H and O–H groups in total. The summed E-state index contributed by atoms with van der Waals surface area (Å²) in [6.07, 6.45) is 4.18. The Balaban J connectivity index is 2.27. The van der Waals surface area contributed by atoms with Crippen LogP contribution >= 0.6 is 15.9 Å². The van der Waals surface area contributed by atoms with Crippen LogP contribution in [0.2, 0.25) is 0 Å².